The maximum absolute atomic E-state index is 6.15. The molecule has 0 atom stereocenters. The van der Waals surface area contributed by atoms with Gasteiger partial charge in [-0.1, -0.05) is 36.4 Å². The molecule has 0 amide bonds. The van der Waals surface area contributed by atoms with Crippen LogP contribution in [0.3, 0.4) is 0 Å². The molecule has 0 aromatic heterocycles. The van der Waals surface area contributed by atoms with Gasteiger partial charge in [-0.2, -0.15) is 4.99 Å². The van der Waals surface area contributed by atoms with Crippen LogP contribution in [0.5, 0.6) is 11.5 Å². The number of nitrogens with zero attached hydrogens (tertiary/aromatic N) is 3. The summed E-state index contributed by atoms with van der Waals surface area (Å²) in [6, 6.07) is 25.1. The zero-order valence-corrected chi connectivity index (χ0v) is 15.3. The summed E-state index contributed by atoms with van der Waals surface area (Å²) in [6.07, 6.45) is 0.937. The van der Waals surface area contributed by atoms with Crippen molar-refractivity contribution in [2.24, 2.45) is 21.5 Å². The normalized spacial score (nSPS) is 14.1. The first kappa shape index (κ1) is 17.6. The van der Waals surface area contributed by atoms with Gasteiger partial charge in [-0.05, 0) is 54.4 Å². The largest absolute Gasteiger partial charge is 0.457 e. The first-order chi connectivity index (χ1) is 13.7. The molecule has 0 aliphatic carbocycles. The van der Waals surface area contributed by atoms with Gasteiger partial charge in [0.05, 0.1) is 5.69 Å². The van der Waals surface area contributed by atoms with E-state index in [0.717, 1.165) is 30.2 Å². The topological polar surface area (TPSA) is 89.2 Å². The lowest BCUT2D eigenvalue weighted by molar-refractivity contribution is 0.483. The van der Waals surface area contributed by atoms with Crippen LogP contribution in [-0.4, -0.2) is 18.5 Å². The van der Waals surface area contributed by atoms with Crippen LogP contribution in [0.1, 0.15) is 5.56 Å². The molecule has 0 saturated heterocycles. The number of hydrogen-bond donors (Lipinski definition) is 2. The summed E-state index contributed by atoms with van der Waals surface area (Å²) < 4.78 is 5.77. The average molecular weight is 371 g/mol. The third-order valence-electron chi connectivity index (χ3n) is 4.45. The number of anilines is 1. The second-order valence-corrected chi connectivity index (χ2v) is 6.38. The van der Waals surface area contributed by atoms with Crippen molar-refractivity contribution in [3.05, 3.63) is 84.4 Å². The Balaban J connectivity index is 1.46. The lowest BCUT2D eigenvalue weighted by Gasteiger charge is -2.17. The number of guanidine groups is 2. The molecule has 6 heteroatoms. The minimum Gasteiger partial charge on any atom is -0.457 e. The van der Waals surface area contributed by atoms with Gasteiger partial charge >= 0.3 is 0 Å². The highest BCUT2D eigenvalue weighted by Gasteiger charge is 2.21. The molecule has 4 rings (SSSR count). The minimum absolute atomic E-state index is 0.110. The summed E-state index contributed by atoms with van der Waals surface area (Å²) in [6.45, 7) is 0.785. The van der Waals surface area contributed by atoms with Crippen molar-refractivity contribution in [3.63, 3.8) is 0 Å². The summed E-state index contributed by atoms with van der Waals surface area (Å²) in [7, 11) is 0. The van der Waals surface area contributed by atoms with Crippen molar-refractivity contribution in [2.45, 2.75) is 6.42 Å². The van der Waals surface area contributed by atoms with Gasteiger partial charge in [0.15, 0.2) is 0 Å². The summed E-state index contributed by atoms with van der Waals surface area (Å²) >= 11 is 0. The van der Waals surface area contributed by atoms with Crippen LogP contribution in [0, 0.1) is 0 Å². The minimum atomic E-state index is 0.110. The van der Waals surface area contributed by atoms with Crippen molar-refractivity contribution in [2.75, 3.05) is 11.4 Å². The van der Waals surface area contributed by atoms with Crippen molar-refractivity contribution in [3.8, 4) is 11.5 Å². The second kappa shape index (κ2) is 7.84. The number of para-hydroxylation sites is 2. The Kier molecular flexibility index (Phi) is 4.93. The third kappa shape index (κ3) is 3.96. The predicted octanol–water partition coefficient (Wildman–Crippen LogP) is 3.80. The van der Waals surface area contributed by atoms with Crippen LogP contribution in [-0.2, 0) is 6.42 Å². The van der Waals surface area contributed by atoms with Crippen molar-refractivity contribution in [1.29, 1.82) is 0 Å². The molecular formula is C22H21N5O. The Morgan fingerprint density at radius 2 is 1.50 bits per heavy atom. The van der Waals surface area contributed by atoms with Gasteiger partial charge in [-0.25, -0.2) is 4.99 Å². The van der Waals surface area contributed by atoms with E-state index >= 15 is 0 Å². The number of rotatable bonds is 3. The maximum atomic E-state index is 6.15. The Labute approximate surface area is 163 Å². The average Bonchev–Trinajstić information content (AvgIpc) is 3.14. The molecule has 0 fully saturated rings. The predicted molar refractivity (Wildman–Crippen MR) is 113 cm³/mol. The van der Waals surface area contributed by atoms with E-state index in [1.165, 1.54) is 5.56 Å². The fourth-order valence-electron chi connectivity index (χ4n) is 3.12. The Morgan fingerprint density at radius 3 is 2.29 bits per heavy atom. The molecule has 0 radical (unpaired) electrons. The van der Waals surface area contributed by atoms with Crippen LogP contribution in [0.2, 0.25) is 0 Å². The maximum Gasteiger partial charge on any atom is 0.223 e. The Hall–Kier alpha value is -3.80. The summed E-state index contributed by atoms with van der Waals surface area (Å²) in [5.74, 6) is 1.95. The molecule has 6 nitrogen and oxygen atoms in total. The van der Waals surface area contributed by atoms with Crippen LogP contribution in [0.25, 0.3) is 0 Å². The van der Waals surface area contributed by atoms with Gasteiger partial charge < -0.3 is 21.1 Å². The fraction of sp³-hybridized carbons (Fsp3) is 0.0909. The molecule has 3 aromatic rings. The summed E-state index contributed by atoms with van der Waals surface area (Å²) in [5.41, 5.74) is 15.1. The van der Waals surface area contributed by atoms with Crippen LogP contribution < -0.4 is 21.1 Å². The van der Waals surface area contributed by atoms with E-state index < -0.39 is 0 Å². The number of ether oxygens (including phenoxy) is 1. The SMILES string of the molecule is NC(=Nc1ccc(Oc2ccccc2)cc1)/N=C(\N)N1CCc2ccccc21. The number of aliphatic imine (C=N–C) groups is 2. The van der Waals surface area contributed by atoms with Crippen molar-refractivity contribution < 1.29 is 4.74 Å². The zero-order valence-electron chi connectivity index (χ0n) is 15.3. The van der Waals surface area contributed by atoms with Crippen LogP contribution >= 0.6 is 0 Å². The molecule has 0 unspecified atom stereocenters. The van der Waals surface area contributed by atoms with E-state index in [9.17, 15) is 0 Å². The van der Waals surface area contributed by atoms with Crippen LogP contribution in [0.15, 0.2) is 88.8 Å². The highest BCUT2D eigenvalue weighted by molar-refractivity contribution is 6.03. The highest BCUT2D eigenvalue weighted by Crippen LogP contribution is 2.27. The molecular weight excluding hydrogens is 350 g/mol. The van der Waals surface area contributed by atoms with E-state index in [1.54, 1.807) is 0 Å². The van der Waals surface area contributed by atoms with E-state index in [0.29, 0.717) is 11.6 Å². The van der Waals surface area contributed by atoms with Gasteiger partial charge in [0.2, 0.25) is 11.9 Å². The highest BCUT2D eigenvalue weighted by atomic mass is 16.5. The molecule has 140 valence electrons. The molecule has 1 aliphatic heterocycles. The number of benzene rings is 3. The molecule has 28 heavy (non-hydrogen) atoms. The molecule has 4 N–H and O–H groups in total. The number of hydrogen-bond acceptors (Lipinski definition) is 2. The fourth-order valence-corrected chi connectivity index (χ4v) is 3.12. The number of nitrogens with two attached hydrogens (primary N) is 2. The first-order valence-electron chi connectivity index (χ1n) is 9.06. The molecule has 0 spiro atoms. The Bertz CT molecular complexity index is 1010. The van der Waals surface area contributed by atoms with Gasteiger partial charge in [-0.15, -0.1) is 0 Å². The Morgan fingerprint density at radius 1 is 0.821 bits per heavy atom. The molecule has 1 aliphatic rings. The molecule has 1 heterocycles. The van der Waals surface area contributed by atoms with E-state index in [-0.39, 0.29) is 5.96 Å². The molecule has 0 saturated carbocycles. The van der Waals surface area contributed by atoms with Crippen molar-refractivity contribution in [1.82, 2.24) is 0 Å². The van der Waals surface area contributed by atoms with E-state index in [1.807, 2.05) is 77.7 Å². The van der Waals surface area contributed by atoms with Gasteiger partial charge in [0.25, 0.3) is 0 Å². The first-order valence-corrected chi connectivity index (χ1v) is 9.06. The lowest BCUT2D eigenvalue weighted by Crippen LogP contribution is -2.37. The van der Waals surface area contributed by atoms with Gasteiger partial charge in [0, 0.05) is 12.2 Å². The standard InChI is InChI=1S/C22H21N5O/c23-21(26-22(24)27-15-14-16-6-4-5-9-20(16)27)25-17-10-12-19(13-11-17)28-18-7-2-1-3-8-18/h1-13H,14-15H2,(H4,23,24,25,26). The molecule has 0 bridgehead atoms. The monoisotopic (exact) mass is 371 g/mol. The van der Waals surface area contributed by atoms with Gasteiger partial charge in [0.1, 0.15) is 11.5 Å². The number of fused-ring (bicyclic) bond motifs is 1. The lowest BCUT2D eigenvalue weighted by atomic mass is 10.2. The molecule has 3 aromatic carbocycles. The summed E-state index contributed by atoms with van der Waals surface area (Å²) in [5, 5.41) is 0. The second-order valence-electron chi connectivity index (χ2n) is 6.38. The smallest absolute Gasteiger partial charge is 0.223 e. The van der Waals surface area contributed by atoms with Gasteiger partial charge in [-0.3, -0.25) is 0 Å². The van der Waals surface area contributed by atoms with E-state index in [4.69, 9.17) is 16.2 Å². The summed E-state index contributed by atoms with van der Waals surface area (Å²) in [4.78, 5) is 10.5. The zero-order chi connectivity index (χ0) is 19.3. The quantitative estimate of drug-likeness (QED) is 0.541. The third-order valence-corrected chi connectivity index (χ3v) is 4.45. The van der Waals surface area contributed by atoms with Crippen molar-refractivity contribution >= 4 is 23.3 Å². The van der Waals surface area contributed by atoms with Crippen LogP contribution in [0.4, 0.5) is 11.4 Å². The van der Waals surface area contributed by atoms with E-state index in [2.05, 4.69) is 16.1 Å².